The van der Waals surface area contributed by atoms with Crippen molar-refractivity contribution in [1.29, 1.82) is 0 Å². The molecule has 1 heterocycles. The fourth-order valence-electron chi connectivity index (χ4n) is 2.91. The van der Waals surface area contributed by atoms with Gasteiger partial charge in [-0.2, -0.15) is 5.10 Å². The number of nitrogens with zero attached hydrogens (tertiary/aromatic N) is 2. The summed E-state index contributed by atoms with van der Waals surface area (Å²) in [7, 11) is 0. The lowest BCUT2D eigenvalue weighted by Gasteiger charge is -2.15. The molecular formula is C16H20FN3. The second-order valence-corrected chi connectivity index (χ2v) is 5.54. The standard InChI is InChI=1S/C16H20FN3/c1-12-6-7-16(15(17)10-12)18-11-14-8-9-19-20(14)13-4-2-3-5-13/h6-10,13,18H,2-5,11H2,1H3. The van der Waals surface area contributed by atoms with Crippen molar-refractivity contribution in [3.63, 3.8) is 0 Å². The number of hydrogen-bond donors (Lipinski definition) is 1. The monoisotopic (exact) mass is 273 g/mol. The van der Waals surface area contributed by atoms with E-state index in [1.54, 1.807) is 12.1 Å². The van der Waals surface area contributed by atoms with Crippen LogP contribution in [0.2, 0.25) is 0 Å². The first-order valence-corrected chi connectivity index (χ1v) is 7.26. The molecule has 4 heteroatoms. The molecule has 0 amide bonds. The highest BCUT2D eigenvalue weighted by molar-refractivity contribution is 5.46. The van der Waals surface area contributed by atoms with Gasteiger partial charge in [-0.25, -0.2) is 4.39 Å². The third-order valence-electron chi connectivity index (χ3n) is 4.01. The topological polar surface area (TPSA) is 29.9 Å². The maximum Gasteiger partial charge on any atom is 0.146 e. The van der Waals surface area contributed by atoms with Gasteiger partial charge in [0.25, 0.3) is 0 Å². The molecule has 20 heavy (non-hydrogen) atoms. The Balaban J connectivity index is 1.70. The zero-order valence-corrected chi connectivity index (χ0v) is 11.8. The molecule has 1 aliphatic carbocycles. The van der Waals surface area contributed by atoms with E-state index in [0.717, 1.165) is 11.3 Å². The smallest absolute Gasteiger partial charge is 0.146 e. The van der Waals surface area contributed by atoms with Crippen LogP contribution in [0.5, 0.6) is 0 Å². The van der Waals surface area contributed by atoms with E-state index in [9.17, 15) is 4.39 Å². The Hall–Kier alpha value is -1.84. The van der Waals surface area contributed by atoms with E-state index in [4.69, 9.17) is 0 Å². The van der Waals surface area contributed by atoms with Crippen LogP contribution in [0.1, 0.15) is 43.0 Å². The van der Waals surface area contributed by atoms with Gasteiger partial charge in [-0.15, -0.1) is 0 Å². The molecule has 1 saturated carbocycles. The quantitative estimate of drug-likeness (QED) is 0.910. The normalized spacial score (nSPS) is 15.7. The number of rotatable bonds is 4. The molecule has 2 aromatic rings. The second-order valence-electron chi connectivity index (χ2n) is 5.54. The first-order valence-electron chi connectivity index (χ1n) is 7.26. The summed E-state index contributed by atoms with van der Waals surface area (Å²) >= 11 is 0. The summed E-state index contributed by atoms with van der Waals surface area (Å²) in [6.07, 6.45) is 6.80. The van der Waals surface area contributed by atoms with Crippen molar-refractivity contribution in [2.45, 2.75) is 45.2 Å². The summed E-state index contributed by atoms with van der Waals surface area (Å²) in [5.41, 5.74) is 2.61. The molecule has 3 nitrogen and oxygen atoms in total. The average Bonchev–Trinajstić information content (AvgIpc) is 3.08. The number of anilines is 1. The highest BCUT2D eigenvalue weighted by atomic mass is 19.1. The zero-order valence-electron chi connectivity index (χ0n) is 11.8. The van der Waals surface area contributed by atoms with Gasteiger partial charge in [-0.3, -0.25) is 4.68 Å². The van der Waals surface area contributed by atoms with Gasteiger partial charge in [0.1, 0.15) is 5.82 Å². The lowest BCUT2D eigenvalue weighted by molar-refractivity contribution is 0.452. The second kappa shape index (κ2) is 5.65. The molecule has 106 valence electrons. The molecule has 1 aromatic heterocycles. The molecule has 1 N–H and O–H groups in total. The minimum Gasteiger partial charge on any atom is -0.377 e. The van der Waals surface area contributed by atoms with E-state index in [1.807, 2.05) is 25.3 Å². The van der Waals surface area contributed by atoms with E-state index >= 15 is 0 Å². The van der Waals surface area contributed by atoms with Gasteiger partial charge in [-0.1, -0.05) is 18.9 Å². The Kier molecular flexibility index (Phi) is 3.72. The van der Waals surface area contributed by atoms with Crippen LogP contribution in [0, 0.1) is 12.7 Å². The molecule has 0 radical (unpaired) electrons. The minimum absolute atomic E-state index is 0.197. The fraction of sp³-hybridized carbons (Fsp3) is 0.438. The van der Waals surface area contributed by atoms with Gasteiger partial charge in [0, 0.05) is 6.20 Å². The van der Waals surface area contributed by atoms with Crippen molar-refractivity contribution in [3.8, 4) is 0 Å². The number of nitrogens with one attached hydrogen (secondary N) is 1. The molecule has 0 unspecified atom stereocenters. The zero-order chi connectivity index (χ0) is 13.9. The van der Waals surface area contributed by atoms with Crippen molar-refractivity contribution in [1.82, 2.24) is 9.78 Å². The maximum atomic E-state index is 13.8. The molecule has 1 aliphatic rings. The van der Waals surface area contributed by atoms with Crippen LogP contribution in [-0.4, -0.2) is 9.78 Å². The van der Waals surface area contributed by atoms with Crippen molar-refractivity contribution < 1.29 is 4.39 Å². The van der Waals surface area contributed by atoms with Crippen molar-refractivity contribution in [2.75, 3.05) is 5.32 Å². The number of aromatic nitrogens is 2. The Morgan fingerprint density at radius 3 is 2.85 bits per heavy atom. The average molecular weight is 273 g/mol. The third-order valence-corrected chi connectivity index (χ3v) is 4.01. The minimum atomic E-state index is -0.197. The first-order chi connectivity index (χ1) is 9.74. The van der Waals surface area contributed by atoms with Crippen molar-refractivity contribution >= 4 is 5.69 Å². The molecule has 0 bridgehead atoms. The van der Waals surface area contributed by atoms with Gasteiger partial charge in [0.2, 0.25) is 0 Å². The van der Waals surface area contributed by atoms with Crippen LogP contribution in [0.3, 0.4) is 0 Å². The number of aryl methyl sites for hydroxylation is 1. The summed E-state index contributed by atoms with van der Waals surface area (Å²) in [4.78, 5) is 0. The number of halogens is 1. The molecule has 0 spiro atoms. The molecule has 1 fully saturated rings. The molecule has 1 aromatic carbocycles. The summed E-state index contributed by atoms with van der Waals surface area (Å²) in [5.74, 6) is -0.197. The summed E-state index contributed by atoms with van der Waals surface area (Å²) in [6, 6.07) is 7.79. The van der Waals surface area contributed by atoms with Crippen LogP contribution in [0.25, 0.3) is 0 Å². The van der Waals surface area contributed by atoms with Crippen LogP contribution in [0.15, 0.2) is 30.5 Å². The SMILES string of the molecule is Cc1ccc(NCc2ccnn2C2CCCC2)c(F)c1. The highest BCUT2D eigenvalue weighted by Crippen LogP contribution is 2.30. The Morgan fingerprint density at radius 1 is 1.30 bits per heavy atom. The summed E-state index contributed by atoms with van der Waals surface area (Å²) in [6.45, 7) is 2.50. The van der Waals surface area contributed by atoms with Gasteiger partial charge >= 0.3 is 0 Å². The van der Waals surface area contributed by atoms with Gasteiger partial charge < -0.3 is 5.32 Å². The highest BCUT2D eigenvalue weighted by Gasteiger charge is 2.19. The molecule has 0 saturated heterocycles. The lowest BCUT2D eigenvalue weighted by Crippen LogP contribution is -2.13. The van der Waals surface area contributed by atoms with Crippen LogP contribution < -0.4 is 5.32 Å². The predicted molar refractivity (Wildman–Crippen MR) is 78.2 cm³/mol. The Morgan fingerprint density at radius 2 is 2.10 bits per heavy atom. The summed E-state index contributed by atoms with van der Waals surface area (Å²) < 4.78 is 15.9. The van der Waals surface area contributed by atoms with Gasteiger partial charge in [-0.05, 0) is 43.5 Å². The maximum absolute atomic E-state index is 13.8. The predicted octanol–water partition coefficient (Wildman–Crippen LogP) is 4.06. The first kappa shape index (κ1) is 13.2. The van der Waals surface area contributed by atoms with E-state index in [2.05, 4.69) is 15.1 Å². The number of benzene rings is 1. The largest absolute Gasteiger partial charge is 0.377 e. The third kappa shape index (κ3) is 2.69. The number of hydrogen-bond acceptors (Lipinski definition) is 2. The van der Waals surface area contributed by atoms with E-state index in [-0.39, 0.29) is 5.82 Å². The van der Waals surface area contributed by atoms with Crippen molar-refractivity contribution in [2.24, 2.45) is 0 Å². The van der Waals surface area contributed by atoms with Crippen LogP contribution in [0.4, 0.5) is 10.1 Å². The lowest BCUT2D eigenvalue weighted by atomic mass is 10.2. The Labute approximate surface area is 118 Å². The van der Waals surface area contributed by atoms with E-state index in [1.165, 1.54) is 25.7 Å². The molecular weight excluding hydrogens is 253 g/mol. The summed E-state index contributed by atoms with van der Waals surface area (Å²) in [5, 5.41) is 7.60. The van der Waals surface area contributed by atoms with Gasteiger partial charge in [0.15, 0.2) is 0 Å². The molecule has 3 rings (SSSR count). The molecule has 0 aliphatic heterocycles. The van der Waals surface area contributed by atoms with E-state index < -0.39 is 0 Å². The molecule has 0 atom stereocenters. The van der Waals surface area contributed by atoms with E-state index in [0.29, 0.717) is 18.3 Å². The van der Waals surface area contributed by atoms with Crippen molar-refractivity contribution in [3.05, 3.63) is 47.5 Å². The van der Waals surface area contributed by atoms with Gasteiger partial charge in [0.05, 0.1) is 24.0 Å². The Bertz CT molecular complexity index is 585. The fourth-order valence-corrected chi connectivity index (χ4v) is 2.91. The van der Waals surface area contributed by atoms with Crippen LogP contribution in [-0.2, 0) is 6.54 Å². The van der Waals surface area contributed by atoms with Crippen LogP contribution >= 0.6 is 0 Å².